The molecule has 0 radical (unpaired) electrons. The predicted octanol–water partition coefficient (Wildman–Crippen LogP) is 2.19. The molecule has 78 valence electrons. The summed E-state index contributed by atoms with van der Waals surface area (Å²) in [5, 5.41) is 3.41. The van der Waals surface area contributed by atoms with Crippen LogP contribution >= 0.6 is 0 Å². The van der Waals surface area contributed by atoms with Crippen LogP contribution in [0, 0.1) is 5.92 Å². The summed E-state index contributed by atoms with van der Waals surface area (Å²) in [6.45, 7) is 7.55. The predicted molar refractivity (Wildman–Crippen MR) is 55.9 cm³/mol. The third-order valence-corrected chi connectivity index (χ3v) is 2.87. The molecule has 0 heterocycles. The fraction of sp³-hybridized carbons (Fsp3) is 1.00. The minimum Gasteiger partial charge on any atom is -0.377 e. The Labute approximate surface area is 82.0 Å². The molecule has 0 aromatic heterocycles. The van der Waals surface area contributed by atoms with Crippen LogP contribution in [0.4, 0.5) is 0 Å². The third-order valence-electron chi connectivity index (χ3n) is 2.87. The Morgan fingerprint density at radius 2 is 2.23 bits per heavy atom. The normalized spacial score (nSPS) is 19.8. The first-order chi connectivity index (χ1) is 6.33. The number of rotatable bonds is 7. The lowest BCUT2D eigenvalue weighted by molar-refractivity contribution is 0.00412. The summed E-state index contributed by atoms with van der Waals surface area (Å²) in [5.74, 6) is 0.795. The van der Waals surface area contributed by atoms with Gasteiger partial charge in [-0.15, -0.1) is 0 Å². The van der Waals surface area contributed by atoms with Crippen LogP contribution < -0.4 is 5.32 Å². The van der Waals surface area contributed by atoms with Gasteiger partial charge >= 0.3 is 0 Å². The van der Waals surface area contributed by atoms with Crippen molar-refractivity contribution in [3.8, 4) is 0 Å². The summed E-state index contributed by atoms with van der Waals surface area (Å²) in [7, 11) is 0. The molecule has 1 aliphatic carbocycles. The van der Waals surface area contributed by atoms with Crippen LogP contribution in [0.5, 0.6) is 0 Å². The molecule has 0 saturated heterocycles. The fourth-order valence-electron chi connectivity index (χ4n) is 1.33. The number of hydrogen-bond donors (Lipinski definition) is 1. The lowest BCUT2D eigenvalue weighted by Gasteiger charge is -2.25. The monoisotopic (exact) mass is 185 g/mol. The lowest BCUT2D eigenvalue weighted by atomic mass is 9.96. The second-order valence-corrected chi connectivity index (χ2v) is 4.14. The molecule has 0 spiro atoms. The lowest BCUT2D eigenvalue weighted by Crippen LogP contribution is -2.29. The van der Waals surface area contributed by atoms with E-state index in [9.17, 15) is 0 Å². The molecule has 0 aromatic rings. The van der Waals surface area contributed by atoms with E-state index in [1.54, 1.807) is 0 Å². The second-order valence-electron chi connectivity index (χ2n) is 4.14. The van der Waals surface area contributed by atoms with Crippen LogP contribution in [-0.4, -0.2) is 25.8 Å². The largest absolute Gasteiger partial charge is 0.377 e. The highest BCUT2D eigenvalue weighted by molar-refractivity contribution is 4.69. The van der Waals surface area contributed by atoms with Crippen LogP contribution in [-0.2, 0) is 4.74 Å². The smallest absolute Gasteiger partial charge is 0.0594 e. The van der Waals surface area contributed by atoms with Crippen LogP contribution in [0.25, 0.3) is 0 Å². The van der Waals surface area contributed by atoms with E-state index in [1.807, 2.05) is 0 Å². The quantitative estimate of drug-likeness (QED) is 0.614. The molecule has 0 bridgehead atoms. The maximum absolute atomic E-state index is 5.63. The number of nitrogens with one attached hydrogen (secondary N) is 1. The van der Waals surface area contributed by atoms with Gasteiger partial charge in [-0.2, -0.15) is 0 Å². The van der Waals surface area contributed by atoms with Gasteiger partial charge in [0.05, 0.1) is 12.7 Å². The van der Waals surface area contributed by atoms with Crippen molar-refractivity contribution in [2.75, 3.05) is 19.7 Å². The Morgan fingerprint density at radius 3 is 2.77 bits per heavy atom. The van der Waals surface area contributed by atoms with Crippen molar-refractivity contribution in [2.45, 2.75) is 45.6 Å². The highest BCUT2D eigenvalue weighted by atomic mass is 16.5. The van der Waals surface area contributed by atoms with E-state index in [2.05, 4.69) is 19.2 Å². The Hall–Kier alpha value is -0.0800. The zero-order chi connectivity index (χ0) is 9.52. The molecule has 1 atom stereocenters. The molecule has 1 N–H and O–H groups in total. The molecule has 2 nitrogen and oxygen atoms in total. The highest BCUT2D eigenvalue weighted by Gasteiger charge is 2.16. The molecule has 1 rings (SSSR count). The van der Waals surface area contributed by atoms with Gasteiger partial charge in [-0.3, -0.25) is 0 Å². The van der Waals surface area contributed by atoms with Crippen molar-refractivity contribution in [1.29, 1.82) is 0 Å². The number of hydrogen-bond acceptors (Lipinski definition) is 2. The SMILES string of the molecule is CCC(C)CNCCOC1CCC1. The minimum absolute atomic E-state index is 0.588. The van der Waals surface area contributed by atoms with E-state index in [4.69, 9.17) is 4.74 Å². The van der Waals surface area contributed by atoms with Crippen molar-refractivity contribution in [1.82, 2.24) is 5.32 Å². The van der Waals surface area contributed by atoms with Gasteiger partial charge in [-0.05, 0) is 31.7 Å². The third kappa shape index (κ3) is 4.63. The molecule has 1 aliphatic rings. The van der Waals surface area contributed by atoms with Gasteiger partial charge in [0.15, 0.2) is 0 Å². The van der Waals surface area contributed by atoms with Crippen LogP contribution in [0.1, 0.15) is 39.5 Å². The highest BCUT2D eigenvalue weighted by Crippen LogP contribution is 2.21. The topological polar surface area (TPSA) is 21.3 Å². The molecular formula is C11H23NO. The molecule has 1 fully saturated rings. The van der Waals surface area contributed by atoms with E-state index < -0.39 is 0 Å². The van der Waals surface area contributed by atoms with Gasteiger partial charge in [-0.25, -0.2) is 0 Å². The van der Waals surface area contributed by atoms with Gasteiger partial charge in [-0.1, -0.05) is 20.3 Å². The first-order valence-electron chi connectivity index (χ1n) is 5.65. The average Bonchev–Trinajstić information content (AvgIpc) is 2.07. The molecule has 0 aromatic carbocycles. The molecule has 0 amide bonds. The number of ether oxygens (including phenoxy) is 1. The summed E-state index contributed by atoms with van der Waals surface area (Å²) in [6.07, 6.45) is 5.78. The van der Waals surface area contributed by atoms with E-state index in [-0.39, 0.29) is 0 Å². The summed E-state index contributed by atoms with van der Waals surface area (Å²) >= 11 is 0. The maximum atomic E-state index is 5.63. The van der Waals surface area contributed by atoms with Crippen LogP contribution in [0.2, 0.25) is 0 Å². The van der Waals surface area contributed by atoms with Crippen molar-refractivity contribution in [2.24, 2.45) is 5.92 Å². The van der Waals surface area contributed by atoms with Crippen molar-refractivity contribution in [3.63, 3.8) is 0 Å². The molecule has 1 saturated carbocycles. The van der Waals surface area contributed by atoms with Gasteiger partial charge in [0.1, 0.15) is 0 Å². The van der Waals surface area contributed by atoms with Crippen LogP contribution in [0.15, 0.2) is 0 Å². The summed E-state index contributed by atoms with van der Waals surface area (Å²) in [4.78, 5) is 0. The molecule has 13 heavy (non-hydrogen) atoms. The van der Waals surface area contributed by atoms with Crippen molar-refractivity contribution >= 4 is 0 Å². The zero-order valence-electron chi connectivity index (χ0n) is 9.01. The Balaban J connectivity index is 1.78. The first kappa shape index (κ1) is 11.0. The van der Waals surface area contributed by atoms with Gasteiger partial charge < -0.3 is 10.1 Å². The standard InChI is InChI=1S/C11H23NO/c1-3-10(2)9-12-7-8-13-11-5-4-6-11/h10-12H,3-9H2,1-2H3. The summed E-state index contributed by atoms with van der Waals surface area (Å²) in [5.41, 5.74) is 0. The average molecular weight is 185 g/mol. The van der Waals surface area contributed by atoms with E-state index in [1.165, 1.54) is 25.7 Å². The second kappa shape index (κ2) is 6.39. The van der Waals surface area contributed by atoms with E-state index in [0.29, 0.717) is 6.10 Å². The van der Waals surface area contributed by atoms with Gasteiger partial charge in [0.2, 0.25) is 0 Å². The molecular weight excluding hydrogens is 162 g/mol. The maximum Gasteiger partial charge on any atom is 0.0594 e. The summed E-state index contributed by atoms with van der Waals surface area (Å²) < 4.78 is 5.63. The minimum atomic E-state index is 0.588. The summed E-state index contributed by atoms with van der Waals surface area (Å²) in [6, 6.07) is 0. The van der Waals surface area contributed by atoms with Crippen molar-refractivity contribution in [3.05, 3.63) is 0 Å². The molecule has 0 aliphatic heterocycles. The zero-order valence-corrected chi connectivity index (χ0v) is 9.01. The van der Waals surface area contributed by atoms with Gasteiger partial charge in [0.25, 0.3) is 0 Å². The van der Waals surface area contributed by atoms with E-state index in [0.717, 1.165) is 25.6 Å². The first-order valence-corrected chi connectivity index (χ1v) is 5.65. The Kier molecular flexibility index (Phi) is 5.40. The molecule has 1 unspecified atom stereocenters. The Bertz CT molecular complexity index is 117. The fourth-order valence-corrected chi connectivity index (χ4v) is 1.33. The van der Waals surface area contributed by atoms with E-state index >= 15 is 0 Å². The van der Waals surface area contributed by atoms with Crippen molar-refractivity contribution < 1.29 is 4.74 Å². The van der Waals surface area contributed by atoms with Gasteiger partial charge in [0, 0.05) is 6.54 Å². The molecule has 2 heteroatoms. The van der Waals surface area contributed by atoms with Crippen LogP contribution in [0.3, 0.4) is 0 Å². The Morgan fingerprint density at radius 1 is 1.46 bits per heavy atom.